The normalized spacial score (nSPS) is 20.3. The highest BCUT2D eigenvalue weighted by Crippen LogP contribution is 2.24. The molecule has 140 valence electrons. The van der Waals surface area contributed by atoms with E-state index in [4.69, 9.17) is 5.11 Å². The van der Waals surface area contributed by atoms with Crippen LogP contribution in [0.3, 0.4) is 0 Å². The maximum atomic E-state index is 13.1. The number of carboxylic acid groups (broad SMARTS) is 1. The topological polar surface area (TPSA) is 107 Å². The highest BCUT2D eigenvalue weighted by atomic mass is 32.2. The fourth-order valence-corrected chi connectivity index (χ4v) is 4.40. The van der Waals surface area contributed by atoms with Gasteiger partial charge < -0.3 is 14.9 Å². The lowest BCUT2D eigenvalue weighted by molar-refractivity contribution is -0.127. The molecule has 1 N–H and O–H groups in total. The van der Waals surface area contributed by atoms with Crippen molar-refractivity contribution in [1.82, 2.24) is 9.80 Å². The number of carbonyl (C=O) groups excluding carboxylic acids is 1. The zero-order chi connectivity index (χ0) is 19.2. The maximum absolute atomic E-state index is 13.1. The Kier molecular flexibility index (Phi) is 4.11. The van der Waals surface area contributed by atoms with Crippen LogP contribution in [0.5, 0.6) is 0 Å². The Hall–Kier alpha value is -2.94. The van der Waals surface area contributed by atoms with E-state index in [0.717, 1.165) is 11.1 Å². The number of amidine groups is 1. The van der Waals surface area contributed by atoms with Gasteiger partial charge in [0, 0.05) is 25.8 Å². The molecule has 0 atom stereocenters. The van der Waals surface area contributed by atoms with Crippen LogP contribution in [-0.4, -0.2) is 59.9 Å². The summed E-state index contributed by atoms with van der Waals surface area (Å²) in [6, 6.07) is 4.93. The van der Waals surface area contributed by atoms with Crippen LogP contribution in [0.2, 0.25) is 0 Å². The second-order valence-electron chi connectivity index (χ2n) is 6.58. The van der Waals surface area contributed by atoms with Gasteiger partial charge in [-0.15, -0.1) is 4.40 Å². The SMILES string of the molecule is O=C(O)c1ccc2c(c1)CN(C(=O)C1=CC=CN3CCS(=O)(=O)N=C13)CC2. The van der Waals surface area contributed by atoms with Gasteiger partial charge in [0.1, 0.15) is 0 Å². The van der Waals surface area contributed by atoms with E-state index in [1.807, 2.05) is 0 Å². The van der Waals surface area contributed by atoms with Gasteiger partial charge in [-0.05, 0) is 41.8 Å². The first-order valence-corrected chi connectivity index (χ1v) is 10.1. The molecule has 9 heteroatoms. The lowest BCUT2D eigenvalue weighted by Gasteiger charge is -2.33. The summed E-state index contributed by atoms with van der Waals surface area (Å²) in [5.41, 5.74) is 2.22. The Balaban J connectivity index is 1.63. The number of rotatable bonds is 2. The molecule has 0 fully saturated rings. The van der Waals surface area contributed by atoms with Gasteiger partial charge in [0.25, 0.3) is 15.9 Å². The first kappa shape index (κ1) is 17.5. The lowest BCUT2D eigenvalue weighted by atomic mass is 9.96. The number of hydrogen-bond acceptors (Lipinski definition) is 5. The van der Waals surface area contributed by atoms with Crippen LogP contribution < -0.4 is 0 Å². The zero-order valence-corrected chi connectivity index (χ0v) is 15.1. The smallest absolute Gasteiger partial charge is 0.335 e. The molecule has 8 nitrogen and oxygen atoms in total. The summed E-state index contributed by atoms with van der Waals surface area (Å²) in [5.74, 6) is -1.26. The third kappa shape index (κ3) is 3.25. The van der Waals surface area contributed by atoms with E-state index in [9.17, 15) is 18.0 Å². The van der Waals surface area contributed by atoms with Gasteiger partial charge in [0.2, 0.25) is 0 Å². The van der Waals surface area contributed by atoms with Crippen LogP contribution in [-0.2, 0) is 27.8 Å². The molecular weight excluding hydrogens is 370 g/mol. The standard InChI is InChI=1S/C18H17N3O5S/c22-17(15-2-1-6-20-8-9-27(25,26)19-16(15)20)21-7-5-12-3-4-13(18(23)24)10-14(12)11-21/h1-4,6,10H,5,7-9,11H2,(H,23,24). The highest BCUT2D eigenvalue weighted by molar-refractivity contribution is 7.90. The summed E-state index contributed by atoms with van der Waals surface area (Å²) in [6.45, 7) is 1.00. The molecule has 27 heavy (non-hydrogen) atoms. The van der Waals surface area contributed by atoms with Crippen LogP contribution in [0.4, 0.5) is 0 Å². The van der Waals surface area contributed by atoms with E-state index in [1.54, 1.807) is 46.4 Å². The molecule has 0 aromatic heterocycles. The maximum Gasteiger partial charge on any atom is 0.335 e. The Bertz CT molecular complexity index is 1040. The molecule has 0 unspecified atom stereocenters. The number of carbonyl (C=O) groups is 2. The fraction of sp³-hybridized carbons (Fsp3) is 0.278. The summed E-state index contributed by atoms with van der Waals surface area (Å²) in [4.78, 5) is 27.5. The summed E-state index contributed by atoms with van der Waals surface area (Å²) in [6.07, 6.45) is 5.58. The Morgan fingerprint density at radius 2 is 1.96 bits per heavy atom. The minimum absolute atomic E-state index is 0.0859. The van der Waals surface area contributed by atoms with Crippen LogP contribution in [0.25, 0.3) is 0 Å². The number of sulfonamides is 1. The van der Waals surface area contributed by atoms with Crippen molar-refractivity contribution >= 4 is 27.7 Å². The fourth-order valence-electron chi connectivity index (χ4n) is 3.42. The first-order chi connectivity index (χ1) is 12.8. The average molecular weight is 387 g/mol. The minimum atomic E-state index is -3.58. The second kappa shape index (κ2) is 6.34. The summed E-state index contributed by atoms with van der Waals surface area (Å²) >= 11 is 0. The number of carboxylic acids is 1. The number of benzene rings is 1. The molecule has 1 amide bonds. The Morgan fingerprint density at radius 1 is 1.15 bits per heavy atom. The third-order valence-electron chi connectivity index (χ3n) is 4.84. The van der Waals surface area contributed by atoms with E-state index >= 15 is 0 Å². The van der Waals surface area contributed by atoms with Gasteiger partial charge in [0.05, 0.1) is 16.9 Å². The van der Waals surface area contributed by atoms with Gasteiger partial charge in [-0.3, -0.25) is 4.79 Å². The van der Waals surface area contributed by atoms with Gasteiger partial charge in [0.15, 0.2) is 5.84 Å². The molecular formula is C18H17N3O5S. The van der Waals surface area contributed by atoms with Gasteiger partial charge >= 0.3 is 5.97 Å². The van der Waals surface area contributed by atoms with E-state index in [1.165, 1.54) is 0 Å². The summed E-state index contributed by atoms with van der Waals surface area (Å²) in [7, 11) is -3.58. The number of hydrogen-bond donors (Lipinski definition) is 1. The molecule has 1 aromatic carbocycles. The summed E-state index contributed by atoms with van der Waals surface area (Å²) < 4.78 is 27.5. The first-order valence-electron chi connectivity index (χ1n) is 8.46. The highest BCUT2D eigenvalue weighted by Gasteiger charge is 2.33. The Morgan fingerprint density at radius 3 is 2.74 bits per heavy atom. The molecule has 3 aliphatic rings. The van der Waals surface area contributed by atoms with Crippen LogP contribution in [0.15, 0.2) is 46.5 Å². The van der Waals surface area contributed by atoms with Crippen LogP contribution >= 0.6 is 0 Å². The minimum Gasteiger partial charge on any atom is -0.478 e. The number of allylic oxidation sites excluding steroid dienone is 2. The molecule has 0 saturated carbocycles. The predicted molar refractivity (Wildman–Crippen MR) is 97.7 cm³/mol. The molecule has 4 rings (SSSR count). The molecule has 3 heterocycles. The molecule has 0 radical (unpaired) electrons. The predicted octanol–water partition coefficient (Wildman–Crippen LogP) is 0.767. The quantitative estimate of drug-likeness (QED) is 0.803. The summed E-state index contributed by atoms with van der Waals surface area (Å²) in [5, 5.41) is 9.17. The molecule has 0 saturated heterocycles. The Labute approximate surface area is 156 Å². The van der Waals surface area contributed by atoms with Gasteiger partial charge in [-0.2, -0.15) is 0 Å². The molecule has 0 aliphatic carbocycles. The number of fused-ring (bicyclic) bond motifs is 2. The second-order valence-corrected chi connectivity index (χ2v) is 8.34. The van der Waals surface area contributed by atoms with Crippen LogP contribution in [0, 0.1) is 0 Å². The van der Waals surface area contributed by atoms with Crippen molar-refractivity contribution in [3.05, 3.63) is 58.8 Å². The van der Waals surface area contributed by atoms with Crippen molar-refractivity contribution in [1.29, 1.82) is 0 Å². The van der Waals surface area contributed by atoms with Crippen molar-refractivity contribution in [3.63, 3.8) is 0 Å². The largest absolute Gasteiger partial charge is 0.478 e. The molecule has 1 aromatic rings. The van der Waals surface area contributed by atoms with Gasteiger partial charge in [-0.1, -0.05) is 6.07 Å². The van der Waals surface area contributed by atoms with E-state index < -0.39 is 16.0 Å². The van der Waals surface area contributed by atoms with Gasteiger partial charge in [-0.25, -0.2) is 13.2 Å². The zero-order valence-electron chi connectivity index (χ0n) is 14.3. The van der Waals surface area contributed by atoms with Crippen molar-refractivity contribution in [2.75, 3.05) is 18.8 Å². The van der Waals surface area contributed by atoms with Crippen molar-refractivity contribution in [2.24, 2.45) is 4.40 Å². The number of aromatic carboxylic acids is 1. The molecule has 0 spiro atoms. The molecule has 0 bridgehead atoms. The van der Waals surface area contributed by atoms with Crippen molar-refractivity contribution in [2.45, 2.75) is 13.0 Å². The van der Waals surface area contributed by atoms with Crippen molar-refractivity contribution in [3.8, 4) is 0 Å². The van der Waals surface area contributed by atoms with E-state index in [2.05, 4.69) is 4.40 Å². The molecule has 3 aliphatic heterocycles. The van der Waals surface area contributed by atoms with E-state index in [-0.39, 0.29) is 41.7 Å². The lowest BCUT2D eigenvalue weighted by Crippen LogP contribution is -2.44. The number of amides is 1. The van der Waals surface area contributed by atoms with Crippen molar-refractivity contribution < 1.29 is 23.1 Å². The van der Waals surface area contributed by atoms with Crippen LogP contribution in [0.1, 0.15) is 21.5 Å². The monoisotopic (exact) mass is 387 g/mol. The number of nitrogens with zero attached hydrogens (tertiary/aromatic N) is 3. The third-order valence-corrected chi connectivity index (χ3v) is 5.99. The average Bonchev–Trinajstić information content (AvgIpc) is 2.65. The van der Waals surface area contributed by atoms with E-state index in [0.29, 0.717) is 13.0 Å².